The fourth-order valence-electron chi connectivity index (χ4n) is 1.40. The van der Waals surface area contributed by atoms with Crippen molar-refractivity contribution < 1.29 is 15.0 Å². The average molecular weight is 224 g/mol. The van der Waals surface area contributed by atoms with Crippen LogP contribution >= 0.6 is 0 Å². The zero-order valence-corrected chi connectivity index (χ0v) is 9.72. The molecule has 0 heterocycles. The average Bonchev–Trinajstić information content (AvgIpc) is 2.25. The van der Waals surface area contributed by atoms with E-state index in [0.717, 1.165) is 0 Å². The second-order valence-electron chi connectivity index (χ2n) is 3.58. The molecular formula is C13H20O3. The maximum Gasteiger partial charge on any atom is 0.503 e. The third-order valence-electron chi connectivity index (χ3n) is 2.16. The minimum Gasteiger partial charge on any atom is -0.450 e. The van der Waals surface area contributed by atoms with Gasteiger partial charge in [0.2, 0.25) is 0 Å². The van der Waals surface area contributed by atoms with Crippen LogP contribution in [0.25, 0.3) is 0 Å². The molecule has 0 saturated carbocycles. The highest BCUT2D eigenvalue weighted by Gasteiger charge is 1.90. The zero-order valence-electron chi connectivity index (χ0n) is 9.72. The number of benzene rings is 1. The van der Waals surface area contributed by atoms with Gasteiger partial charge in [-0.2, -0.15) is 0 Å². The summed E-state index contributed by atoms with van der Waals surface area (Å²) < 4.78 is 0. The van der Waals surface area contributed by atoms with E-state index in [2.05, 4.69) is 37.3 Å². The van der Waals surface area contributed by atoms with Crippen molar-refractivity contribution in [3.8, 4) is 0 Å². The molecule has 1 aromatic carbocycles. The van der Waals surface area contributed by atoms with Crippen molar-refractivity contribution in [2.45, 2.75) is 39.0 Å². The topological polar surface area (TPSA) is 57.5 Å². The molecule has 0 fully saturated rings. The Labute approximate surface area is 96.7 Å². The van der Waals surface area contributed by atoms with Crippen LogP contribution in [0.4, 0.5) is 4.79 Å². The van der Waals surface area contributed by atoms with Crippen molar-refractivity contribution in [1.82, 2.24) is 0 Å². The van der Waals surface area contributed by atoms with Gasteiger partial charge in [0.15, 0.2) is 0 Å². The molecule has 0 amide bonds. The third kappa shape index (κ3) is 10.6. The van der Waals surface area contributed by atoms with Crippen LogP contribution in [0.15, 0.2) is 30.3 Å². The lowest BCUT2D eigenvalue weighted by Crippen LogP contribution is -1.84. The molecule has 0 aliphatic rings. The molecule has 0 radical (unpaired) electrons. The van der Waals surface area contributed by atoms with Crippen LogP contribution in [-0.4, -0.2) is 16.4 Å². The van der Waals surface area contributed by atoms with Crippen molar-refractivity contribution in [2.75, 3.05) is 0 Å². The van der Waals surface area contributed by atoms with E-state index < -0.39 is 6.16 Å². The molecule has 3 heteroatoms. The predicted molar refractivity (Wildman–Crippen MR) is 64.9 cm³/mol. The lowest BCUT2D eigenvalue weighted by molar-refractivity contribution is 0.137. The first-order valence-electron chi connectivity index (χ1n) is 5.62. The predicted octanol–water partition coefficient (Wildman–Crippen LogP) is 4.03. The van der Waals surface area contributed by atoms with Gasteiger partial charge in [-0.25, -0.2) is 4.79 Å². The summed E-state index contributed by atoms with van der Waals surface area (Å²) in [6, 6.07) is 10.7. The summed E-state index contributed by atoms with van der Waals surface area (Å²) in [5.41, 5.74) is 1.48. The normalized spacial score (nSPS) is 9.06. The number of hydrogen-bond acceptors (Lipinski definition) is 1. The smallest absolute Gasteiger partial charge is 0.450 e. The summed E-state index contributed by atoms with van der Waals surface area (Å²) in [7, 11) is 0. The lowest BCUT2D eigenvalue weighted by Gasteiger charge is -1.99. The van der Waals surface area contributed by atoms with Gasteiger partial charge in [0.05, 0.1) is 0 Å². The number of hydrogen-bond donors (Lipinski definition) is 2. The van der Waals surface area contributed by atoms with Crippen molar-refractivity contribution in [3.05, 3.63) is 35.9 Å². The van der Waals surface area contributed by atoms with Gasteiger partial charge >= 0.3 is 6.16 Å². The van der Waals surface area contributed by atoms with Gasteiger partial charge in [0.25, 0.3) is 0 Å². The molecule has 1 rings (SSSR count). The first kappa shape index (κ1) is 14.5. The minimum absolute atomic E-state index is 1.25. The van der Waals surface area contributed by atoms with Gasteiger partial charge in [-0.05, 0) is 18.4 Å². The molecule has 0 bridgehead atoms. The van der Waals surface area contributed by atoms with Crippen LogP contribution in [0, 0.1) is 0 Å². The Bertz CT molecular complexity index is 266. The molecule has 2 N–H and O–H groups in total. The number of unbranched alkanes of at least 4 members (excludes halogenated alkanes) is 3. The summed E-state index contributed by atoms with van der Waals surface area (Å²) in [5.74, 6) is 0. The van der Waals surface area contributed by atoms with Gasteiger partial charge in [0.1, 0.15) is 0 Å². The maximum absolute atomic E-state index is 8.56. The monoisotopic (exact) mass is 224 g/mol. The molecule has 0 unspecified atom stereocenters. The van der Waals surface area contributed by atoms with E-state index in [0.29, 0.717) is 0 Å². The first-order chi connectivity index (χ1) is 7.66. The molecule has 1 aromatic rings. The second-order valence-corrected chi connectivity index (χ2v) is 3.58. The summed E-state index contributed by atoms with van der Waals surface area (Å²) in [6.07, 6.45) is 4.85. The van der Waals surface area contributed by atoms with Gasteiger partial charge in [-0.15, -0.1) is 0 Å². The number of aryl methyl sites for hydroxylation is 1. The van der Waals surface area contributed by atoms with Crippen LogP contribution in [-0.2, 0) is 6.42 Å². The Morgan fingerprint density at radius 2 is 1.62 bits per heavy atom. The third-order valence-corrected chi connectivity index (χ3v) is 2.16. The van der Waals surface area contributed by atoms with E-state index in [1.165, 1.54) is 37.7 Å². The first-order valence-corrected chi connectivity index (χ1v) is 5.62. The highest BCUT2D eigenvalue weighted by molar-refractivity contribution is 5.53. The molecule has 0 saturated heterocycles. The van der Waals surface area contributed by atoms with Crippen LogP contribution in [0.3, 0.4) is 0 Å². The highest BCUT2D eigenvalue weighted by atomic mass is 16.6. The summed E-state index contributed by atoms with van der Waals surface area (Å²) in [6.45, 7) is 2.25. The van der Waals surface area contributed by atoms with Crippen LogP contribution in [0.5, 0.6) is 0 Å². The Kier molecular flexibility index (Phi) is 9.08. The van der Waals surface area contributed by atoms with Crippen molar-refractivity contribution in [1.29, 1.82) is 0 Å². The van der Waals surface area contributed by atoms with Gasteiger partial charge in [-0.3, -0.25) is 0 Å². The molecule has 0 aromatic heterocycles. The van der Waals surface area contributed by atoms with Crippen molar-refractivity contribution in [2.24, 2.45) is 0 Å². The Morgan fingerprint density at radius 1 is 1.06 bits per heavy atom. The zero-order chi connectivity index (χ0) is 12.2. The van der Waals surface area contributed by atoms with E-state index in [4.69, 9.17) is 15.0 Å². The lowest BCUT2D eigenvalue weighted by atomic mass is 10.1. The molecule has 3 nitrogen and oxygen atoms in total. The van der Waals surface area contributed by atoms with Gasteiger partial charge in [0, 0.05) is 0 Å². The van der Waals surface area contributed by atoms with E-state index in [9.17, 15) is 0 Å². The van der Waals surface area contributed by atoms with Crippen LogP contribution in [0.2, 0.25) is 0 Å². The molecule has 0 spiro atoms. The number of rotatable bonds is 5. The van der Waals surface area contributed by atoms with Crippen molar-refractivity contribution in [3.63, 3.8) is 0 Å². The molecule has 0 aliphatic carbocycles. The molecule has 16 heavy (non-hydrogen) atoms. The van der Waals surface area contributed by atoms with E-state index >= 15 is 0 Å². The standard InChI is InChI=1S/C12H18.CH2O3/c1-2-3-4-6-9-12-10-7-5-8-11-12;2-1(3)4/h5,7-8,10-11H,2-4,6,9H2,1H3;(H2,2,3,4). The van der Waals surface area contributed by atoms with Crippen LogP contribution < -0.4 is 0 Å². The van der Waals surface area contributed by atoms with Gasteiger partial charge < -0.3 is 10.2 Å². The molecule has 0 aliphatic heterocycles. The second kappa shape index (κ2) is 10.0. The molecular weight excluding hydrogens is 204 g/mol. The Hall–Kier alpha value is -1.51. The summed E-state index contributed by atoms with van der Waals surface area (Å²) in [4.78, 5) is 8.56. The highest BCUT2D eigenvalue weighted by Crippen LogP contribution is 2.06. The van der Waals surface area contributed by atoms with E-state index in [1.807, 2.05) is 0 Å². The molecule has 90 valence electrons. The largest absolute Gasteiger partial charge is 0.503 e. The SMILES string of the molecule is CCCCCCc1ccccc1.O=C(O)O. The quantitative estimate of drug-likeness (QED) is 0.742. The number of carbonyl (C=O) groups is 1. The van der Waals surface area contributed by atoms with Crippen molar-refractivity contribution >= 4 is 6.16 Å². The maximum atomic E-state index is 8.56. The fourth-order valence-corrected chi connectivity index (χ4v) is 1.40. The Morgan fingerprint density at radius 3 is 2.12 bits per heavy atom. The summed E-state index contributed by atoms with van der Waals surface area (Å²) >= 11 is 0. The molecule has 0 atom stereocenters. The van der Waals surface area contributed by atoms with E-state index in [-0.39, 0.29) is 0 Å². The summed E-state index contributed by atoms with van der Waals surface area (Å²) in [5, 5.41) is 13.9. The fraction of sp³-hybridized carbons (Fsp3) is 0.462. The van der Waals surface area contributed by atoms with Crippen LogP contribution in [0.1, 0.15) is 38.2 Å². The van der Waals surface area contributed by atoms with Gasteiger partial charge in [-0.1, -0.05) is 56.5 Å². The number of carboxylic acid groups (broad SMARTS) is 2. The minimum atomic E-state index is -1.83. The van der Waals surface area contributed by atoms with E-state index in [1.54, 1.807) is 0 Å². The Balaban J connectivity index is 0.000000487.